The highest BCUT2D eigenvalue weighted by molar-refractivity contribution is 4.82. The Kier molecular flexibility index (Phi) is 6.91. The van der Waals surface area contributed by atoms with Crippen molar-refractivity contribution in [1.29, 1.82) is 0 Å². The van der Waals surface area contributed by atoms with Crippen LogP contribution in [0.2, 0.25) is 0 Å². The SMILES string of the molecule is CCC(C)C(CC)CC1CC(CCCC2CCCC2)C1. The van der Waals surface area contributed by atoms with Gasteiger partial charge in [-0.05, 0) is 48.9 Å². The van der Waals surface area contributed by atoms with E-state index in [2.05, 4.69) is 20.8 Å². The van der Waals surface area contributed by atoms with E-state index in [1.807, 2.05) is 0 Å². The molecule has 0 aliphatic heterocycles. The standard InChI is InChI=1S/C20H38/c1-4-16(3)20(5-2)15-19-13-18(14-19)12-8-11-17-9-6-7-10-17/h16-20H,4-15H2,1-3H3. The summed E-state index contributed by atoms with van der Waals surface area (Å²) in [4.78, 5) is 0. The van der Waals surface area contributed by atoms with Crippen molar-refractivity contribution in [2.24, 2.45) is 29.6 Å². The zero-order chi connectivity index (χ0) is 14.4. The van der Waals surface area contributed by atoms with Gasteiger partial charge in [-0.3, -0.25) is 0 Å². The molecule has 0 nitrogen and oxygen atoms in total. The van der Waals surface area contributed by atoms with Gasteiger partial charge in [-0.1, -0.05) is 78.6 Å². The molecule has 2 aliphatic carbocycles. The van der Waals surface area contributed by atoms with Crippen molar-refractivity contribution in [2.45, 2.75) is 97.8 Å². The van der Waals surface area contributed by atoms with Gasteiger partial charge in [-0.25, -0.2) is 0 Å². The predicted molar refractivity (Wildman–Crippen MR) is 89.9 cm³/mol. The van der Waals surface area contributed by atoms with Gasteiger partial charge in [0, 0.05) is 0 Å². The Hall–Kier alpha value is 0. The lowest BCUT2D eigenvalue weighted by Gasteiger charge is -2.39. The second-order valence-corrected chi connectivity index (χ2v) is 8.07. The molecule has 2 atom stereocenters. The molecule has 2 unspecified atom stereocenters. The Balaban J connectivity index is 1.52. The minimum atomic E-state index is 0.946. The monoisotopic (exact) mass is 278 g/mol. The van der Waals surface area contributed by atoms with Crippen molar-refractivity contribution in [1.82, 2.24) is 0 Å². The van der Waals surface area contributed by atoms with E-state index in [9.17, 15) is 0 Å². The molecule has 0 heteroatoms. The molecule has 0 bridgehead atoms. The second-order valence-electron chi connectivity index (χ2n) is 8.07. The van der Waals surface area contributed by atoms with Gasteiger partial charge < -0.3 is 0 Å². The van der Waals surface area contributed by atoms with Crippen LogP contribution in [0.1, 0.15) is 97.8 Å². The highest BCUT2D eigenvalue weighted by Gasteiger charge is 2.31. The van der Waals surface area contributed by atoms with Crippen LogP contribution in [0.4, 0.5) is 0 Å². The maximum atomic E-state index is 2.46. The summed E-state index contributed by atoms with van der Waals surface area (Å²) in [5.74, 6) is 5.26. The first-order valence-corrected chi connectivity index (χ1v) is 9.72. The van der Waals surface area contributed by atoms with E-state index in [1.165, 1.54) is 38.5 Å². The number of hydrogen-bond donors (Lipinski definition) is 0. The van der Waals surface area contributed by atoms with Crippen LogP contribution in [0.3, 0.4) is 0 Å². The Morgan fingerprint density at radius 2 is 1.50 bits per heavy atom. The molecule has 0 radical (unpaired) electrons. The Morgan fingerprint density at radius 1 is 0.850 bits per heavy atom. The van der Waals surface area contributed by atoms with E-state index in [0.717, 1.165) is 29.6 Å². The molecule has 0 aromatic rings. The van der Waals surface area contributed by atoms with Gasteiger partial charge >= 0.3 is 0 Å². The van der Waals surface area contributed by atoms with Crippen molar-refractivity contribution in [3.05, 3.63) is 0 Å². The molecule has 0 aromatic carbocycles. The largest absolute Gasteiger partial charge is 0.0651 e. The molecule has 2 aliphatic rings. The third kappa shape index (κ3) is 4.78. The van der Waals surface area contributed by atoms with E-state index in [0.29, 0.717) is 0 Å². The van der Waals surface area contributed by atoms with E-state index >= 15 is 0 Å². The lowest BCUT2D eigenvalue weighted by Crippen LogP contribution is -2.27. The molecular weight excluding hydrogens is 240 g/mol. The average Bonchev–Trinajstić information content (AvgIpc) is 2.92. The lowest BCUT2D eigenvalue weighted by molar-refractivity contribution is 0.127. The van der Waals surface area contributed by atoms with Crippen LogP contribution in [0.5, 0.6) is 0 Å². The summed E-state index contributed by atoms with van der Waals surface area (Å²) in [7, 11) is 0. The highest BCUT2D eigenvalue weighted by Crippen LogP contribution is 2.43. The maximum absolute atomic E-state index is 2.46. The second kappa shape index (κ2) is 8.44. The van der Waals surface area contributed by atoms with E-state index < -0.39 is 0 Å². The summed E-state index contributed by atoms with van der Waals surface area (Å²) in [5.41, 5.74) is 0. The van der Waals surface area contributed by atoms with Gasteiger partial charge in [0.2, 0.25) is 0 Å². The van der Waals surface area contributed by atoms with Crippen molar-refractivity contribution in [3.63, 3.8) is 0 Å². The molecule has 2 saturated carbocycles. The maximum Gasteiger partial charge on any atom is -0.0389 e. The van der Waals surface area contributed by atoms with Crippen LogP contribution in [-0.2, 0) is 0 Å². The third-order valence-corrected chi connectivity index (χ3v) is 6.64. The smallest absolute Gasteiger partial charge is 0.0389 e. The molecule has 0 heterocycles. The van der Waals surface area contributed by atoms with Crippen molar-refractivity contribution in [3.8, 4) is 0 Å². The van der Waals surface area contributed by atoms with Gasteiger partial charge in [-0.15, -0.1) is 0 Å². The van der Waals surface area contributed by atoms with Crippen molar-refractivity contribution >= 4 is 0 Å². The first-order chi connectivity index (χ1) is 9.72. The summed E-state index contributed by atoms with van der Waals surface area (Å²) in [6.07, 6.45) is 18.2. The van der Waals surface area contributed by atoms with E-state index in [4.69, 9.17) is 0 Å². The van der Waals surface area contributed by atoms with Crippen molar-refractivity contribution in [2.75, 3.05) is 0 Å². The van der Waals surface area contributed by atoms with Gasteiger partial charge in [0.15, 0.2) is 0 Å². The fraction of sp³-hybridized carbons (Fsp3) is 1.00. The summed E-state index contributed by atoms with van der Waals surface area (Å²) < 4.78 is 0. The van der Waals surface area contributed by atoms with Crippen molar-refractivity contribution < 1.29 is 0 Å². The van der Waals surface area contributed by atoms with Gasteiger partial charge in [0.25, 0.3) is 0 Å². The topological polar surface area (TPSA) is 0 Å². The Labute approximate surface area is 128 Å². The fourth-order valence-electron chi connectivity index (χ4n) is 4.86. The van der Waals surface area contributed by atoms with Crippen LogP contribution in [0.15, 0.2) is 0 Å². The molecule has 0 amide bonds. The van der Waals surface area contributed by atoms with E-state index in [1.54, 1.807) is 38.5 Å². The molecule has 0 aromatic heterocycles. The van der Waals surface area contributed by atoms with Gasteiger partial charge in [0.05, 0.1) is 0 Å². The first-order valence-electron chi connectivity index (χ1n) is 9.72. The van der Waals surface area contributed by atoms with Crippen LogP contribution in [0, 0.1) is 29.6 Å². The minimum Gasteiger partial charge on any atom is -0.0651 e. The molecule has 20 heavy (non-hydrogen) atoms. The quantitative estimate of drug-likeness (QED) is 0.433. The van der Waals surface area contributed by atoms with E-state index in [-0.39, 0.29) is 0 Å². The molecule has 0 spiro atoms. The van der Waals surface area contributed by atoms with Crippen LogP contribution < -0.4 is 0 Å². The summed E-state index contributed by atoms with van der Waals surface area (Å²) in [5, 5.41) is 0. The number of rotatable bonds is 9. The predicted octanol–water partition coefficient (Wildman–Crippen LogP) is 6.84. The zero-order valence-electron chi connectivity index (χ0n) is 14.4. The normalized spacial score (nSPS) is 30.1. The van der Waals surface area contributed by atoms with Crippen LogP contribution >= 0.6 is 0 Å². The number of hydrogen-bond acceptors (Lipinski definition) is 0. The minimum absolute atomic E-state index is 0.946. The molecule has 2 rings (SSSR count). The van der Waals surface area contributed by atoms with Gasteiger partial charge in [0.1, 0.15) is 0 Å². The summed E-state index contributed by atoms with van der Waals surface area (Å²) in [6.45, 7) is 7.22. The summed E-state index contributed by atoms with van der Waals surface area (Å²) >= 11 is 0. The fourth-order valence-corrected chi connectivity index (χ4v) is 4.86. The lowest BCUT2D eigenvalue weighted by atomic mass is 9.67. The molecule has 118 valence electrons. The van der Waals surface area contributed by atoms with Crippen LogP contribution in [0.25, 0.3) is 0 Å². The zero-order valence-corrected chi connectivity index (χ0v) is 14.4. The highest BCUT2D eigenvalue weighted by atomic mass is 14.4. The Bertz CT molecular complexity index is 245. The summed E-state index contributed by atoms with van der Waals surface area (Å²) in [6, 6.07) is 0. The molecular formula is C20H38. The third-order valence-electron chi connectivity index (χ3n) is 6.64. The van der Waals surface area contributed by atoms with Crippen LogP contribution in [-0.4, -0.2) is 0 Å². The molecule has 0 saturated heterocycles. The average molecular weight is 279 g/mol. The van der Waals surface area contributed by atoms with Gasteiger partial charge in [-0.2, -0.15) is 0 Å². The first kappa shape index (κ1) is 16.4. The molecule has 2 fully saturated rings. The Morgan fingerprint density at radius 3 is 2.10 bits per heavy atom. The molecule has 0 N–H and O–H groups in total.